The summed E-state index contributed by atoms with van der Waals surface area (Å²) in [6.07, 6.45) is 3.99. The van der Waals surface area contributed by atoms with E-state index in [1.165, 1.54) is 0 Å². The van der Waals surface area contributed by atoms with Crippen LogP contribution in [0.1, 0.15) is 11.3 Å². The van der Waals surface area contributed by atoms with E-state index in [9.17, 15) is 4.79 Å². The van der Waals surface area contributed by atoms with Crippen molar-refractivity contribution in [2.75, 3.05) is 6.79 Å². The Labute approximate surface area is 128 Å². The molecule has 0 radical (unpaired) electrons. The molecule has 1 aliphatic heterocycles. The topological polar surface area (TPSA) is 90.2 Å². The van der Waals surface area contributed by atoms with Crippen LogP contribution < -0.4 is 15.2 Å². The Morgan fingerprint density at radius 2 is 2.19 bits per heavy atom. The predicted molar refractivity (Wildman–Crippen MR) is 78.8 cm³/mol. The standard InChI is InChI=1S/C14H15N3O3.ClH/c15-11(5-10-6-16-7-17-10)12(18)3-9-1-2-13-14(4-9)20-8-19-13;/h1-2,4,6-7,11H,3,5,8,15H2,(H,16,17);1H/t11-;/m0./s1. The highest BCUT2D eigenvalue weighted by Crippen LogP contribution is 2.32. The van der Waals surface area contributed by atoms with Crippen LogP contribution in [0.25, 0.3) is 0 Å². The summed E-state index contributed by atoms with van der Waals surface area (Å²) < 4.78 is 10.5. The first-order valence-corrected chi connectivity index (χ1v) is 6.36. The molecule has 2 heterocycles. The molecule has 2 aromatic rings. The monoisotopic (exact) mass is 309 g/mol. The zero-order chi connectivity index (χ0) is 13.9. The number of hydrogen-bond acceptors (Lipinski definition) is 5. The molecule has 0 fully saturated rings. The summed E-state index contributed by atoms with van der Waals surface area (Å²) in [5.74, 6) is 1.37. The van der Waals surface area contributed by atoms with Crippen molar-refractivity contribution >= 4 is 18.2 Å². The Balaban J connectivity index is 0.00000161. The van der Waals surface area contributed by atoms with Gasteiger partial charge >= 0.3 is 0 Å². The van der Waals surface area contributed by atoms with Gasteiger partial charge in [-0.25, -0.2) is 4.98 Å². The number of nitrogens with zero attached hydrogens (tertiary/aromatic N) is 1. The molecular weight excluding hydrogens is 294 g/mol. The molecule has 0 saturated heterocycles. The van der Waals surface area contributed by atoms with Crippen molar-refractivity contribution in [3.05, 3.63) is 42.0 Å². The average molecular weight is 310 g/mol. The molecule has 0 unspecified atom stereocenters. The minimum atomic E-state index is -0.541. The number of aromatic amines is 1. The molecule has 1 aromatic carbocycles. The Morgan fingerprint density at radius 1 is 1.38 bits per heavy atom. The van der Waals surface area contributed by atoms with Crippen LogP contribution in [0.4, 0.5) is 0 Å². The summed E-state index contributed by atoms with van der Waals surface area (Å²) >= 11 is 0. The van der Waals surface area contributed by atoms with E-state index in [1.807, 2.05) is 18.2 Å². The average Bonchev–Trinajstić information content (AvgIpc) is 3.08. The fraction of sp³-hybridized carbons (Fsp3) is 0.286. The van der Waals surface area contributed by atoms with Crippen LogP contribution in [0.5, 0.6) is 11.5 Å². The SMILES string of the molecule is Cl.N[C@@H](Cc1cnc[nH]1)C(=O)Cc1ccc2c(c1)OCO2. The molecule has 0 bridgehead atoms. The van der Waals surface area contributed by atoms with Gasteiger partial charge in [-0.2, -0.15) is 0 Å². The van der Waals surface area contributed by atoms with E-state index >= 15 is 0 Å². The zero-order valence-electron chi connectivity index (χ0n) is 11.2. The van der Waals surface area contributed by atoms with E-state index in [4.69, 9.17) is 15.2 Å². The summed E-state index contributed by atoms with van der Waals surface area (Å²) in [6.45, 7) is 0.228. The number of H-pyrrole nitrogens is 1. The normalized spacial score (nSPS) is 13.6. The molecule has 112 valence electrons. The molecule has 6 nitrogen and oxygen atoms in total. The number of imidazole rings is 1. The van der Waals surface area contributed by atoms with Crippen LogP contribution in [0.15, 0.2) is 30.7 Å². The second kappa shape index (κ2) is 6.60. The molecule has 3 rings (SSSR count). The minimum Gasteiger partial charge on any atom is -0.454 e. The first-order valence-electron chi connectivity index (χ1n) is 6.36. The molecule has 0 amide bonds. The molecule has 0 saturated carbocycles. The summed E-state index contributed by atoms with van der Waals surface area (Å²) in [5.41, 5.74) is 7.65. The summed E-state index contributed by atoms with van der Waals surface area (Å²) in [5, 5.41) is 0. The van der Waals surface area contributed by atoms with E-state index in [2.05, 4.69) is 9.97 Å². The lowest BCUT2D eigenvalue weighted by Crippen LogP contribution is -2.34. The number of hydrogen-bond donors (Lipinski definition) is 2. The van der Waals surface area contributed by atoms with Gasteiger partial charge in [-0.15, -0.1) is 12.4 Å². The van der Waals surface area contributed by atoms with Gasteiger partial charge in [0.15, 0.2) is 17.3 Å². The van der Waals surface area contributed by atoms with Crippen LogP contribution in [0.3, 0.4) is 0 Å². The summed E-state index contributed by atoms with van der Waals surface area (Å²) in [6, 6.07) is 4.95. The zero-order valence-corrected chi connectivity index (χ0v) is 12.1. The lowest BCUT2D eigenvalue weighted by atomic mass is 10.0. The Hall–Kier alpha value is -2.05. The van der Waals surface area contributed by atoms with Crippen molar-refractivity contribution in [2.45, 2.75) is 18.9 Å². The number of carbonyl (C=O) groups excluding carboxylic acids is 1. The highest BCUT2D eigenvalue weighted by Gasteiger charge is 2.18. The van der Waals surface area contributed by atoms with Gasteiger partial charge in [-0.3, -0.25) is 4.79 Å². The number of carbonyl (C=O) groups is 1. The van der Waals surface area contributed by atoms with Crippen LogP contribution in [-0.4, -0.2) is 28.6 Å². The van der Waals surface area contributed by atoms with Crippen LogP contribution >= 0.6 is 12.4 Å². The smallest absolute Gasteiger partial charge is 0.231 e. The molecule has 0 spiro atoms. The van der Waals surface area contributed by atoms with Crippen molar-refractivity contribution in [1.82, 2.24) is 9.97 Å². The minimum absolute atomic E-state index is 0. The largest absolute Gasteiger partial charge is 0.454 e. The number of nitrogens with one attached hydrogen (secondary N) is 1. The molecule has 1 atom stereocenters. The highest BCUT2D eigenvalue weighted by molar-refractivity contribution is 5.86. The predicted octanol–water partition coefficient (Wildman–Crippen LogP) is 1.24. The van der Waals surface area contributed by atoms with Crippen molar-refractivity contribution in [3.8, 4) is 11.5 Å². The van der Waals surface area contributed by atoms with Crippen molar-refractivity contribution in [3.63, 3.8) is 0 Å². The number of ether oxygens (including phenoxy) is 2. The van der Waals surface area contributed by atoms with Gasteiger partial charge in [0, 0.05) is 24.7 Å². The van der Waals surface area contributed by atoms with E-state index in [-0.39, 0.29) is 31.4 Å². The lowest BCUT2D eigenvalue weighted by molar-refractivity contribution is -0.119. The van der Waals surface area contributed by atoms with Crippen LogP contribution in [0.2, 0.25) is 0 Å². The van der Waals surface area contributed by atoms with Gasteiger partial charge in [0.05, 0.1) is 12.4 Å². The number of rotatable bonds is 5. The number of ketones is 1. The molecule has 7 heteroatoms. The third kappa shape index (κ3) is 3.53. The summed E-state index contributed by atoms with van der Waals surface area (Å²) in [7, 11) is 0. The molecule has 3 N–H and O–H groups in total. The first kappa shape index (κ1) is 15.3. The van der Waals surface area contributed by atoms with E-state index < -0.39 is 6.04 Å². The highest BCUT2D eigenvalue weighted by atomic mass is 35.5. The number of nitrogens with two attached hydrogens (primary N) is 1. The van der Waals surface area contributed by atoms with Gasteiger partial charge in [-0.05, 0) is 17.7 Å². The second-order valence-corrected chi connectivity index (χ2v) is 4.72. The van der Waals surface area contributed by atoms with Crippen molar-refractivity contribution < 1.29 is 14.3 Å². The summed E-state index contributed by atoms with van der Waals surface area (Å²) in [4.78, 5) is 19.0. The van der Waals surface area contributed by atoms with Crippen LogP contribution in [0, 0.1) is 0 Å². The van der Waals surface area contributed by atoms with E-state index in [1.54, 1.807) is 12.5 Å². The Morgan fingerprint density at radius 3 is 2.95 bits per heavy atom. The molecule has 0 aliphatic carbocycles. The fourth-order valence-electron chi connectivity index (χ4n) is 2.13. The molecule has 1 aliphatic rings. The first-order chi connectivity index (χ1) is 9.72. The fourth-order valence-corrected chi connectivity index (χ4v) is 2.13. The molecule has 21 heavy (non-hydrogen) atoms. The maximum absolute atomic E-state index is 12.1. The van der Waals surface area contributed by atoms with Gasteiger partial charge in [-0.1, -0.05) is 6.07 Å². The van der Waals surface area contributed by atoms with Crippen molar-refractivity contribution in [1.29, 1.82) is 0 Å². The second-order valence-electron chi connectivity index (χ2n) is 4.72. The maximum atomic E-state index is 12.1. The number of aromatic nitrogens is 2. The number of Topliss-reactive ketones (excluding diaryl/α,β-unsaturated/α-hetero) is 1. The number of benzene rings is 1. The molecular formula is C14H16ClN3O3. The third-order valence-corrected chi connectivity index (χ3v) is 3.22. The van der Waals surface area contributed by atoms with E-state index in [0.717, 1.165) is 11.3 Å². The maximum Gasteiger partial charge on any atom is 0.231 e. The van der Waals surface area contributed by atoms with Gasteiger partial charge in [0.2, 0.25) is 6.79 Å². The van der Waals surface area contributed by atoms with Crippen LogP contribution in [-0.2, 0) is 17.6 Å². The lowest BCUT2D eigenvalue weighted by Gasteiger charge is -2.09. The Bertz CT molecular complexity index is 616. The number of fused-ring (bicyclic) bond motifs is 1. The third-order valence-electron chi connectivity index (χ3n) is 3.22. The van der Waals surface area contributed by atoms with Gasteiger partial charge < -0.3 is 20.2 Å². The number of halogens is 1. The van der Waals surface area contributed by atoms with Crippen molar-refractivity contribution in [2.24, 2.45) is 5.73 Å². The Kier molecular flexibility index (Phi) is 4.82. The quantitative estimate of drug-likeness (QED) is 0.867. The molecule has 1 aromatic heterocycles. The van der Waals surface area contributed by atoms with Gasteiger partial charge in [0.25, 0.3) is 0 Å². The van der Waals surface area contributed by atoms with E-state index in [0.29, 0.717) is 17.9 Å². The van der Waals surface area contributed by atoms with Gasteiger partial charge in [0.1, 0.15) is 0 Å².